The van der Waals surface area contributed by atoms with Gasteiger partial charge in [0, 0.05) is 23.7 Å². The molecule has 8 heteroatoms. The predicted molar refractivity (Wildman–Crippen MR) is 108 cm³/mol. The molecule has 2 aromatic carbocycles. The van der Waals surface area contributed by atoms with Gasteiger partial charge in [0.1, 0.15) is 0 Å². The second kappa shape index (κ2) is 6.94. The zero-order chi connectivity index (χ0) is 19.0. The van der Waals surface area contributed by atoms with E-state index in [4.69, 9.17) is 0 Å². The fourth-order valence-corrected chi connectivity index (χ4v) is 4.50. The summed E-state index contributed by atoms with van der Waals surface area (Å²) >= 11 is 1.66. The maximum atomic E-state index is 12.3. The van der Waals surface area contributed by atoms with Gasteiger partial charge in [0.05, 0.1) is 29.0 Å². The van der Waals surface area contributed by atoms with Crippen molar-refractivity contribution >= 4 is 38.5 Å². The molecule has 1 aliphatic rings. The van der Waals surface area contributed by atoms with Crippen LogP contribution in [0.1, 0.15) is 23.6 Å². The Morgan fingerprint density at radius 3 is 2.41 bits per heavy atom. The van der Waals surface area contributed by atoms with Gasteiger partial charge < -0.3 is 0 Å². The number of hydrogen-bond donors (Lipinski definition) is 0. The Hall–Kier alpha value is -2.45. The molecule has 1 aromatic heterocycles. The molecular weight excluding hydrogens is 380 g/mol. The SMILES string of the molecule is CSc1ccc(C2=NN(S(C)(=O)=O)[C@H](c3ccc4nccnc4c3)C2)cc1. The van der Waals surface area contributed by atoms with Gasteiger partial charge in [-0.15, -0.1) is 11.8 Å². The van der Waals surface area contributed by atoms with Crippen molar-refractivity contribution in [3.63, 3.8) is 0 Å². The minimum Gasteiger partial charge on any atom is -0.253 e. The van der Waals surface area contributed by atoms with Crippen LogP contribution in [0.5, 0.6) is 0 Å². The van der Waals surface area contributed by atoms with Crippen molar-refractivity contribution in [2.24, 2.45) is 5.10 Å². The summed E-state index contributed by atoms with van der Waals surface area (Å²) in [6.45, 7) is 0. The number of nitrogens with zero attached hydrogens (tertiary/aromatic N) is 4. The van der Waals surface area contributed by atoms with E-state index in [0.717, 1.165) is 32.8 Å². The lowest BCUT2D eigenvalue weighted by Gasteiger charge is -2.21. The Bertz CT molecular complexity index is 1130. The summed E-state index contributed by atoms with van der Waals surface area (Å²) < 4.78 is 25.9. The van der Waals surface area contributed by atoms with Crippen LogP contribution in [0.25, 0.3) is 11.0 Å². The standard InChI is InChI=1S/C19H18N4O2S2/c1-26-15-6-3-13(4-7-15)17-12-19(23(22-17)27(2,24)25)14-5-8-16-18(11-14)21-10-9-20-16/h3-11,19H,12H2,1-2H3/t19-/m0/s1. The second-order valence-electron chi connectivity index (χ2n) is 6.34. The van der Waals surface area contributed by atoms with Gasteiger partial charge in [-0.25, -0.2) is 8.42 Å². The molecule has 2 heterocycles. The number of sulfonamides is 1. The molecule has 27 heavy (non-hydrogen) atoms. The highest BCUT2D eigenvalue weighted by Crippen LogP contribution is 2.35. The van der Waals surface area contributed by atoms with Crippen molar-refractivity contribution in [3.8, 4) is 0 Å². The first-order valence-corrected chi connectivity index (χ1v) is 11.4. The largest absolute Gasteiger partial charge is 0.253 e. The number of thioether (sulfide) groups is 1. The minimum absolute atomic E-state index is 0.387. The molecule has 0 aliphatic carbocycles. The molecule has 3 aromatic rings. The first-order chi connectivity index (χ1) is 13.0. The van der Waals surface area contributed by atoms with Crippen LogP contribution in [0.15, 0.2) is 64.9 Å². The monoisotopic (exact) mass is 398 g/mol. The van der Waals surface area contributed by atoms with E-state index in [1.165, 1.54) is 10.7 Å². The summed E-state index contributed by atoms with van der Waals surface area (Å²) in [5, 5.41) is 4.44. The van der Waals surface area contributed by atoms with E-state index in [1.807, 2.05) is 48.7 Å². The number of benzene rings is 2. The number of aromatic nitrogens is 2. The Labute approximate surface area is 162 Å². The Kier molecular flexibility index (Phi) is 4.61. The van der Waals surface area contributed by atoms with Gasteiger partial charge in [0.2, 0.25) is 10.0 Å². The van der Waals surface area contributed by atoms with Crippen LogP contribution >= 0.6 is 11.8 Å². The van der Waals surface area contributed by atoms with Crippen molar-refractivity contribution in [2.45, 2.75) is 17.4 Å². The van der Waals surface area contributed by atoms with Crippen LogP contribution in [-0.4, -0.2) is 41.0 Å². The van der Waals surface area contributed by atoms with E-state index < -0.39 is 10.0 Å². The van der Waals surface area contributed by atoms with Crippen LogP contribution in [0, 0.1) is 0 Å². The third-order valence-corrected chi connectivity index (χ3v) is 6.27. The minimum atomic E-state index is -3.50. The molecule has 0 amide bonds. The smallest absolute Gasteiger partial charge is 0.247 e. The quantitative estimate of drug-likeness (QED) is 0.629. The van der Waals surface area contributed by atoms with E-state index in [-0.39, 0.29) is 6.04 Å². The Morgan fingerprint density at radius 2 is 1.74 bits per heavy atom. The number of fused-ring (bicyclic) bond motifs is 1. The van der Waals surface area contributed by atoms with Crippen LogP contribution in [-0.2, 0) is 10.0 Å². The summed E-state index contributed by atoms with van der Waals surface area (Å²) in [5.41, 5.74) is 4.06. The van der Waals surface area contributed by atoms with Crippen molar-refractivity contribution in [1.29, 1.82) is 0 Å². The number of hydrazone groups is 1. The van der Waals surface area contributed by atoms with Gasteiger partial charge in [-0.05, 0) is 41.6 Å². The highest BCUT2D eigenvalue weighted by Gasteiger charge is 2.34. The van der Waals surface area contributed by atoms with E-state index in [1.54, 1.807) is 24.2 Å². The van der Waals surface area contributed by atoms with Gasteiger partial charge in [0.25, 0.3) is 0 Å². The van der Waals surface area contributed by atoms with Crippen LogP contribution in [0.4, 0.5) is 0 Å². The lowest BCUT2D eigenvalue weighted by atomic mass is 9.99. The summed E-state index contributed by atoms with van der Waals surface area (Å²) in [6.07, 6.45) is 6.98. The molecule has 0 saturated carbocycles. The average molecular weight is 399 g/mol. The van der Waals surface area contributed by atoms with Crippen LogP contribution in [0.2, 0.25) is 0 Å². The van der Waals surface area contributed by atoms with Gasteiger partial charge in [0.15, 0.2) is 0 Å². The molecule has 0 spiro atoms. The van der Waals surface area contributed by atoms with Crippen molar-refractivity contribution in [1.82, 2.24) is 14.4 Å². The maximum absolute atomic E-state index is 12.3. The molecule has 0 unspecified atom stereocenters. The van der Waals surface area contributed by atoms with Crippen molar-refractivity contribution < 1.29 is 8.42 Å². The van der Waals surface area contributed by atoms with Crippen molar-refractivity contribution in [2.75, 3.05) is 12.5 Å². The molecule has 0 bridgehead atoms. The van der Waals surface area contributed by atoms with E-state index in [2.05, 4.69) is 15.1 Å². The summed E-state index contributed by atoms with van der Waals surface area (Å²) in [4.78, 5) is 9.75. The predicted octanol–water partition coefficient (Wildman–Crippen LogP) is 3.46. The molecule has 4 rings (SSSR count). The number of hydrogen-bond acceptors (Lipinski definition) is 6. The second-order valence-corrected chi connectivity index (χ2v) is 9.05. The molecule has 138 valence electrons. The fraction of sp³-hybridized carbons (Fsp3) is 0.211. The van der Waals surface area contributed by atoms with Crippen LogP contribution < -0.4 is 0 Å². The molecule has 0 N–H and O–H groups in total. The Morgan fingerprint density at radius 1 is 1.04 bits per heavy atom. The highest BCUT2D eigenvalue weighted by molar-refractivity contribution is 7.98. The zero-order valence-corrected chi connectivity index (χ0v) is 16.5. The van der Waals surface area contributed by atoms with Gasteiger partial charge >= 0.3 is 0 Å². The Balaban J connectivity index is 1.73. The molecule has 0 saturated heterocycles. The molecular formula is C19H18N4O2S2. The lowest BCUT2D eigenvalue weighted by molar-refractivity contribution is 0.375. The van der Waals surface area contributed by atoms with E-state index in [0.29, 0.717) is 6.42 Å². The highest BCUT2D eigenvalue weighted by atomic mass is 32.2. The molecule has 1 aliphatic heterocycles. The number of rotatable bonds is 4. The normalized spacial score (nSPS) is 17.3. The fourth-order valence-electron chi connectivity index (χ4n) is 3.19. The van der Waals surface area contributed by atoms with Crippen molar-refractivity contribution in [3.05, 3.63) is 66.0 Å². The third-order valence-electron chi connectivity index (χ3n) is 4.51. The van der Waals surface area contributed by atoms with E-state index >= 15 is 0 Å². The topological polar surface area (TPSA) is 75.5 Å². The maximum Gasteiger partial charge on any atom is 0.247 e. The summed E-state index contributed by atoms with van der Waals surface area (Å²) in [5.74, 6) is 0. The zero-order valence-electron chi connectivity index (χ0n) is 14.9. The lowest BCUT2D eigenvalue weighted by Crippen LogP contribution is -2.25. The molecule has 0 fully saturated rings. The first-order valence-electron chi connectivity index (χ1n) is 8.38. The van der Waals surface area contributed by atoms with Gasteiger partial charge in [-0.2, -0.15) is 9.52 Å². The van der Waals surface area contributed by atoms with Gasteiger partial charge in [-0.1, -0.05) is 18.2 Å². The molecule has 1 atom stereocenters. The molecule has 0 radical (unpaired) electrons. The van der Waals surface area contributed by atoms with Gasteiger partial charge in [-0.3, -0.25) is 9.97 Å². The first kappa shape index (κ1) is 17.9. The van der Waals surface area contributed by atoms with Crippen LogP contribution in [0.3, 0.4) is 0 Å². The molecule has 6 nitrogen and oxygen atoms in total. The summed E-state index contributed by atoms with van der Waals surface area (Å²) in [7, 11) is -3.50. The summed E-state index contributed by atoms with van der Waals surface area (Å²) in [6, 6.07) is 13.3. The van der Waals surface area contributed by atoms with E-state index in [9.17, 15) is 8.42 Å². The third kappa shape index (κ3) is 3.54. The average Bonchev–Trinajstić information content (AvgIpc) is 3.14.